The number of fused-ring (bicyclic) bond motifs is 1. The van der Waals surface area contributed by atoms with Gasteiger partial charge in [-0.3, -0.25) is 4.79 Å². The molecule has 0 saturated heterocycles. The maximum atomic E-state index is 12.0. The number of rotatable bonds is 2. The molecule has 2 aromatic heterocycles. The molecule has 0 unspecified atom stereocenters. The first-order valence-corrected chi connectivity index (χ1v) is 5.87. The highest BCUT2D eigenvalue weighted by molar-refractivity contribution is 5.89. The fourth-order valence-corrected chi connectivity index (χ4v) is 1.68. The van der Waals surface area contributed by atoms with Gasteiger partial charge in [-0.1, -0.05) is 0 Å². The topological polar surface area (TPSA) is 90.2 Å². The van der Waals surface area contributed by atoms with Crippen molar-refractivity contribution < 1.29 is 9.47 Å². The summed E-state index contributed by atoms with van der Waals surface area (Å²) in [7, 11) is 1.52. The van der Waals surface area contributed by atoms with E-state index in [1.54, 1.807) is 12.1 Å². The third kappa shape index (κ3) is 2.62. The summed E-state index contributed by atoms with van der Waals surface area (Å²) in [6.07, 6.45) is 0. The molecule has 2 aromatic rings. The van der Waals surface area contributed by atoms with E-state index in [4.69, 9.17) is 15.2 Å². The summed E-state index contributed by atoms with van der Waals surface area (Å²) in [5.74, 6) is 0.508. The molecule has 3 N–H and O–H groups in total. The molecule has 0 atom stereocenters. The minimum absolute atomic E-state index is 0.0840. The molecular formula is C13H17N3O3. The van der Waals surface area contributed by atoms with Crippen LogP contribution in [0.4, 0.5) is 5.69 Å². The number of nitrogens with zero attached hydrogens (tertiary/aromatic N) is 1. The van der Waals surface area contributed by atoms with Gasteiger partial charge < -0.3 is 20.2 Å². The van der Waals surface area contributed by atoms with Crippen molar-refractivity contribution in [2.24, 2.45) is 0 Å². The summed E-state index contributed by atoms with van der Waals surface area (Å²) in [4.78, 5) is 18.9. The van der Waals surface area contributed by atoms with E-state index in [1.165, 1.54) is 7.11 Å². The standard InChI is InChI=1S/C13H17N3O3/c1-13(2,3)19-11-9(14)10-7(15-12(11)17)5-6-8(16-10)18-4/h5-6H,1-4H3,(H3,14,15,17). The fraction of sp³-hybridized carbons (Fsp3) is 0.385. The molecule has 0 amide bonds. The largest absolute Gasteiger partial charge is 0.481 e. The van der Waals surface area contributed by atoms with Gasteiger partial charge in [-0.2, -0.15) is 0 Å². The van der Waals surface area contributed by atoms with Crippen molar-refractivity contribution in [1.82, 2.24) is 9.97 Å². The smallest absolute Gasteiger partial charge is 0.293 e. The van der Waals surface area contributed by atoms with E-state index in [2.05, 4.69) is 9.97 Å². The first-order chi connectivity index (χ1) is 8.81. The Labute approximate surface area is 110 Å². The van der Waals surface area contributed by atoms with E-state index in [9.17, 15) is 4.79 Å². The van der Waals surface area contributed by atoms with Gasteiger partial charge in [-0.05, 0) is 26.8 Å². The van der Waals surface area contributed by atoms with Crippen molar-refractivity contribution in [3.63, 3.8) is 0 Å². The van der Waals surface area contributed by atoms with Crippen molar-refractivity contribution in [2.45, 2.75) is 26.4 Å². The summed E-state index contributed by atoms with van der Waals surface area (Å²) in [5, 5.41) is 0. The van der Waals surface area contributed by atoms with Crippen LogP contribution in [0.1, 0.15) is 20.8 Å². The van der Waals surface area contributed by atoms with Crippen LogP contribution in [0.25, 0.3) is 11.0 Å². The van der Waals surface area contributed by atoms with Gasteiger partial charge in [0.05, 0.1) is 12.6 Å². The second-order valence-electron chi connectivity index (χ2n) is 5.16. The van der Waals surface area contributed by atoms with Crippen LogP contribution in [0.2, 0.25) is 0 Å². The lowest BCUT2D eigenvalue weighted by Crippen LogP contribution is -2.28. The van der Waals surface area contributed by atoms with Gasteiger partial charge in [-0.15, -0.1) is 0 Å². The van der Waals surface area contributed by atoms with Crippen LogP contribution < -0.4 is 20.8 Å². The molecule has 0 spiro atoms. The second-order valence-corrected chi connectivity index (χ2v) is 5.16. The molecule has 0 aromatic carbocycles. The summed E-state index contributed by atoms with van der Waals surface area (Å²) in [5.41, 5.74) is 6.32. The zero-order valence-corrected chi connectivity index (χ0v) is 11.4. The number of aromatic amines is 1. The Hall–Kier alpha value is -2.24. The van der Waals surface area contributed by atoms with Crippen molar-refractivity contribution in [1.29, 1.82) is 0 Å². The first-order valence-electron chi connectivity index (χ1n) is 5.87. The first kappa shape index (κ1) is 13.2. The van der Waals surface area contributed by atoms with Gasteiger partial charge in [0.1, 0.15) is 16.8 Å². The van der Waals surface area contributed by atoms with E-state index in [0.717, 1.165) is 0 Å². The molecule has 0 aliphatic carbocycles. The van der Waals surface area contributed by atoms with Gasteiger partial charge in [0.25, 0.3) is 5.56 Å². The lowest BCUT2D eigenvalue weighted by atomic mass is 10.2. The molecule has 0 fully saturated rings. The van der Waals surface area contributed by atoms with Crippen molar-refractivity contribution in [2.75, 3.05) is 12.8 Å². The van der Waals surface area contributed by atoms with E-state index in [1.807, 2.05) is 20.8 Å². The lowest BCUT2D eigenvalue weighted by molar-refractivity contribution is 0.130. The number of nitrogens with one attached hydrogen (secondary N) is 1. The maximum Gasteiger partial charge on any atom is 0.293 e. The molecule has 102 valence electrons. The predicted octanol–water partition coefficient (Wildman–Crippen LogP) is 1.69. The van der Waals surface area contributed by atoms with Crippen LogP contribution >= 0.6 is 0 Å². The average Bonchev–Trinajstić information content (AvgIpc) is 2.33. The molecule has 0 bridgehead atoms. The molecule has 19 heavy (non-hydrogen) atoms. The number of anilines is 1. The maximum absolute atomic E-state index is 12.0. The van der Waals surface area contributed by atoms with Crippen LogP contribution in [0, 0.1) is 0 Å². The zero-order valence-electron chi connectivity index (χ0n) is 11.4. The Bertz CT molecular complexity index is 671. The highest BCUT2D eigenvalue weighted by Gasteiger charge is 2.19. The van der Waals surface area contributed by atoms with Crippen LogP contribution in [-0.4, -0.2) is 22.7 Å². The van der Waals surface area contributed by atoms with E-state index >= 15 is 0 Å². The molecule has 0 saturated carbocycles. The molecule has 6 heteroatoms. The minimum Gasteiger partial charge on any atom is -0.481 e. The number of hydrogen-bond donors (Lipinski definition) is 2. The van der Waals surface area contributed by atoms with Crippen LogP contribution in [0.3, 0.4) is 0 Å². The second kappa shape index (κ2) is 4.46. The number of nitrogens with two attached hydrogens (primary N) is 1. The Kier molecular flexibility index (Phi) is 3.09. The highest BCUT2D eigenvalue weighted by Crippen LogP contribution is 2.28. The zero-order chi connectivity index (χ0) is 14.2. The molecule has 2 rings (SSSR count). The Balaban J connectivity index is 2.68. The Morgan fingerprint density at radius 1 is 1.32 bits per heavy atom. The summed E-state index contributed by atoms with van der Waals surface area (Å²) < 4.78 is 10.6. The van der Waals surface area contributed by atoms with Crippen molar-refractivity contribution >= 4 is 16.7 Å². The number of hydrogen-bond acceptors (Lipinski definition) is 5. The summed E-state index contributed by atoms with van der Waals surface area (Å²) >= 11 is 0. The van der Waals surface area contributed by atoms with E-state index < -0.39 is 5.60 Å². The fourth-order valence-electron chi connectivity index (χ4n) is 1.68. The van der Waals surface area contributed by atoms with Gasteiger partial charge in [0.15, 0.2) is 0 Å². The molecule has 2 heterocycles. The number of ether oxygens (including phenoxy) is 2. The summed E-state index contributed by atoms with van der Waals surface area (Å²) in [6, 6.07) is 3.35. The third-order valence-corrected chi connectivity index (χ3v) is 2.44. The monoisotopic (exact) mass is 263 g/mol. The minimum atomic E-state index is -0.520. The normalized spacial score (nSPS) is 11.6. The quantitative estimate of drug-likeness (QED) is 0.860. The number of H-pyrrole nitrogens is 1. The Morgan fingerprint density at radius 3 is 2.58 bits per heavy atom. The van der Waals surface area contributed by atoms with Crippen LogP contribution in [-0.2, 0) is 0 Å². The van der Waals surface area contributed by atoms with Crippen LogP contribution in [0.5, 0.6) is 11.6 Å². The highest BCUT2D eigenvalue weighted by atomic mass is 16.5. The van der Waals surface area contributed by atoms with Gasteiger partial charge in [0, 0.05) is 6.07 Å². The molecule has 0 aliphatic rings. The molecule has 0 aliphatic heterocycles. The third-order valence-electron chi connectivity index (χ3n) is 2.44. The molecule has 6 nitrogen and oxygen atoms in total. The van der Waals surface area contributed by atoms with E-state index in [-0.39, 0.29) is 17.0 Å². The lowest BCUT2D eigenvalue weighted by Gasteiger charge is -2.21. The van der Waals surface area contributed by atoms with Crippen molar-refractivity contribution in [3.05, 3.63) is 22.5 Å². The number of aromatic nitrogens is 2. The predicted molar refractivity (Wildman–Crippen MR) is 73.7 cm³/mol. The Morgan fingerprint density at radius 2 is 2.00 bits per heavy atom. The van der Waals surface area contributed by atoms with Gasteiger partial charge in [-0.25, -0.2) is 4.98 Å². The SMILES string of the molecule is COc1ccc2[nH]c(=O)c(OC(C)(C)C)c(N)c2n1. The molecular weight excluding hydrogens is 246 g/mol. The van der Waals surface area contributed by atoms with Gasteiger partial charge >= 0.3 is 0 Å². The summed E-state index contributed by atoms with van der Waals surface area (Å²) in [6.45, 7) is 5.53. The van der Waals surface area contributed by atoms with Crippen LogP contribution in [0.15, 0.2) is 16.9 Å². The van der Waals surface area contributed by atoms with Gasteiger partial charge in [0.2, 0.25) is 11.6 Å². The molecule has 0 radical (unpaired) electrons. The average molecular weight is 263 g/mol. The van der Waals surface area contributed by atoms with Crippen molar-refractivity contribution in [3.8, 4) is 11.6 Å². The number of nitrogen functional groups attached to an aromatic ring is 1. The number of pyridine rings is 2. The van der Waals surface area contributed by atoms with E-state index in [0.29, 0.717) is 16.9 Å². The number of methoxy groups -OCH3 is 1.